The smallest absolute Gasteiger partial charge is 0.139 e. The Morgan fingerprint density at radius 3 is 2.65 bits per heavy atom. The second kappa shape index (κ2) is 4.09. The number of pyridine rings is 3. The van der Waals surface area contributed by atoms with E-state index >= 15 is 0 Å². The van der Waals surface area contributed by atoms with Crippen molar-refractivity contribution in [2.45, 2.75) is 0 Å². The average Bonchev–Trinajstić information content (AvgIpc) is 2.85. The molecule has 0 aliphatic heterocycles. The van der Waals surface area contributed by atoms with E-state index in [1.54, 1.807) is 18.5 Å². The van der Waals surface area contributed by atoms with Crippen LogP contribution >= 0.6 is 0 Å². The van der Waals surface area contributed by atoms with Gasteiger partial charge >= 0.3 is 0 Å². The van der Waals surface area contributed by atoms with Crippen LogP contribution in [0.1, 0.15) is 0 Å². The summed E-state index contributed by atoms with van der Waals surface area (Å²) >= 11 is 0. The predicted molar refractivity (Wildman–Crippen MR) is 74.6 cm³/mol. The van der Waals surface area contributed by atoms with E-state index in [2.05, 4.69) is 19.9 Å². The van der Waals surface area contributed by atoms with Gasteiger partial charge in [-0.1, -0.05) is 0 Å². The highest BCUT2D eigenvalue weighted by molar-refractivity contribution is 6.05. The van der Waals surface area contributed by atoms with Crippen LogP contribution in [0.5, 0.6) is 0 Å². The summed E-state index contributed by atoms with van der Waals surface area (Å²) < 4.78 is 13.8. The third-order valence-electron chi connectivity index (χ3n) is 3.30. The minimum Gasteiger partial charge on any atom is -0.339 e. The topological polar surface area (TPSA) is 54.5 Å². The van der Waals surface area contributed by atoms with E-state index in [9.17, 15) is 4.39 Å². The number of hydrogen-bond donors (Lipinski definition) is 1. The molecule has 1 N–H and O–H groups in total. The molecule has 0 saturated heterocycles. The van der Waals surface area contributed by atoms with Crippen molar-refractivity contribution < 1.29 is 4.39 Å². The fourth-order valence-electron chi connectivity index (χ4n) is 2.33. The molecule has 96 valence electrons. The highest BCUT2D eigenvalue weighted by Gasteiger charge is 2.10. The van der Waals surface area contributed by atoms with Gasteiger partial charge in [0.25, 0.3) is 0 Å². The van der Waals surface area contributed by atoms with Gasteiger partial charge in [-0.25, -0.2) is 9.37 Å². The molecule has 0 aliphatic carbocycles. The van der Waals surface area contributed by atoms with Crippen LogP contribution in [0.4, 0.5) is 4.39 Å². The van der Waals surface area contributed by atoms with Crippen LogP contribution in [-0.4, -0.2) is 19.9 Å². The summed E-state index contributed by atoms with van der Waals surface area (Å²) in [6.45, 7) is 0. The normalized spacial score (nSPS) is 11.2. The Morgan fingerprint density at radius 1 is 0.900 bits per heavy atom. The SMILES string of the molecule is Fc1ccncc1-c1ccc2c(n1)[nH]c1ccncc12. The van der Waals surface area contributed by atoms with Crippen LogP contribution in [0.3, 0.4) is 0 Å². The Labute approximate surface area is 113 Å². The molecule has 20 heavy (non-hydrogen) atoms. The first kappa shape index (κ1) is 11.0. The number of rotatable bonds is 1. The molecular weight excluding hydrogens is 255 g/mol. The Kier molecular flexibility index (Phi) is 2.26. The largest absolute Gasteiger partial charge is 0.339 e. The van der Waals surface area contributed by atoms with Gasteiger partial charge in [0, 0.05) is 35.6 Å². The zero-order valence-corrected chi connectivity index (χ0v) is 10.3. The number of nitrogens with one attached hydrogen (secondary N) is 1. The molecule has 0 spiro atoms. The van der Waals surface area contributed by atoms with Gasteiger partial charge in [0.05, 0.1) is 16.8 Å². The second-order valence-corrected chi connectivity index (χ2v) is 4.49. The molecule has 0 radical (unpaired) electrons. The first-order valence-corrected chi connectivity index (χ1v) is 6.15. The lowest BCUT2D eigenvalue weighted by molar-refractivity contribution is 0.628. The van der Waals surface area contributed by atoms with Gasteiger partial charge in [0.2, 0.25) is 0 Å². The molecule has 0 atom stereocenters. The molecule has 4 nitrogen and oxygen atoms in total. The van der Waals surface area contributed by atoms with Crippen molar-refractivity contribution in [1.29, 1.82) is 0 Å². The van der Waals surface area contributed by atoms with Crippen molar-refractivity contribution in [1.82, 2.24) is 19.9 Å². The predicted octanol–water partition coefficient (Wildman–Crippen LogP) is 3.31. The molecule has 0 aromatic carbocycles. The highest BCUT2D eigenvalue weighted by atomic mass is 19.1. The quantitative estimate of drug-likeness (QED) is 0.574. The zero-order valence-electron chi connectivity index (χ0n) is 10.3. The van der Waals surface area contributed by atoms with E-state index < -0.39 is 0 Å². The maximum absolute atomic E-state index is 13.8. The molecule has 0 bridgehead atoms. The van der Waals surface area contributed by atoms with Crippen molar-refractivity contribution in [3.05, 3.63) is 54.9 Å². The number of aromatic nitrogens is 4. The van der Waals surface area contributed by atoms with E-state index in [0.717, 1.165) is 16.3 Å². The van der Waals surface area contributed by atoms with Crippen LogP contribution in [0.25, 0.3) is 33.2 Å². The standard InChI is InChI=1S/C15H9FN4/c16-12-3-5-17-8-11(12)13-2-1-9-10-7-18-6-4-14(10)20-15(9)19-13/h1-8H,(H,19,20). The summed E-state index contributed by atoms with van der Waals surface area (Å²) in [6, 6.07) is 6.94. The third kappa shape index (κ3) is 1.56. The molecule has 5 heteroatoms. The Hall–Kier alpha value is -2.82. The second-order valence-electron chi connectivity index (χ2n) is 4.49. The van der Waals surface area contributed by atoms with Gasteiger partial charge in [-0.2, -0.15) is 0 Å². The van der Waals surface area contributed by atoms with Crippen LogP contribution in [0, 0.1) is 5.82 Å². The summed E-state index contributed by atoms with van der Waals surface area (Å²) in [5.74, 6) is -0.329. The summed E-state index contributed by atoms with van der Waals surface area (Å²) in [5.41, 5.74) is 2.63. The van der Waals surface area contributed by atoms with E-state index in [-0.39, 0.29) is 5.82 Å². The average molecular weight is 264 g/mol. The third-order valence-corrected chi connectivity index (χ3v) is 3.30. The lowest BCUT2D eigenvalue weighted by Gasteiger charge is -2.01. The van der Waals surface area contributed by atoms with E-state index in [1.807, 2.05) is 12.1 Å². The van der Waals surface area contributed by atoms with Gasteiger partial charge in [-0.15, -0.1) is 0 Å². The minimum atomic E-state index is -0.329. The summed E-state index contributed by atoms with van der Waals surface area (Å²) in [5, 5.41) is 1.98. The molecule has 0 amide bonds. The van der Waals surface area contributed by atoms with E-state index in [4.69, 9.17) is 0 Å². The van der Waals surface area contributed by atoms with Gasteiger partial charge in [-0.05, 0) is 24.3 Å². The van der Waals surface area contributed by atoms with Crippen LogP contribution < -0.4 is 0 Å². The molecule has 0 fully saturated rings. The lowest BCUT2D eigenvalue weighted by atomic mass is 10.1. The molecule has 4 aromatic rings. The van der Waals surface area contributed by atoms with Gasteiger partial charge in [0.15, 0.2) is 0 Å². The Balaban J connectivity index is 2.00. The van der Waals surface area contributed by atoms with Crippen molar-refractivity contribution in [3.63, 3.8) is 0 Å². The molecular formula is C15H9FN4. The molecule has 0 unspecified atom stereocenters. The fraction of sp³-hybridized carbons (Fsp3) is 0. The first-order valence-electron chi connectivity index (χ1n) is 6.15. The van der Waals surface area contributed by atoms with Gasteiger partial charge in [-0.3, -0.25) is 9.97 Å². The van der Waals surface area contributed by atoms with Crippen molar-refractivity contribution >= 4 is 21.9 Å². The molecule has 4 rings (SSSR count). The lowest BCUT2D eigenvalue weighted by Crippen LogP contribution is -1.89. The Bertz CT molecular complexity index is 929. The van der Waals surface area contributed by atoms with Crippen molar-refractivity contribution in [2.75, 3.05) is 0 Å². The zero-order chi connectivity index (χ0) is 13.5. The molecule has 4 heterocycles. The Morgan fingerprint density at radius 2 is 1.75 bits per heavy atom. The first-order chi connectivity index (χ1) is 9.83. The molecule has 4 aromatic heterocycles. The van der Waals surface area contributed by atoms with Crippen LogP contribution in [0.2, 0.25) is 0 Å². The highest BCUT2D eigenvalue weighted by Crippen LogP contribution is 2.27. The van der Waals surface area contributed by atoms with E-state index in [1.165, 1.54) is 18.5 Å². The number of aromatic amines is 1. The van der Waals surface area contributed by atoms with Crippen LogP contribution in [0.15, 0.2) is 49.1 Å². The minimum absolute atomic E-state index is 0.329. The molecule has 0 saturated carbocycles. The number of halogens is 1. The van der Waals surface area contributed by atoms with Gasteiger partial charge < -0.3 is 4.98 Å². The molecule has 0 aliphatic rings. The maximum Gasteiger partial charge on any atom is 0.139 e. The summed E-state index contributed by atoms with van der Waals surface area (Å²) in [7, 11) is 0. The van der Waals surface area contributed by atoms with Gasteiger partial charge in [0.1, 0.15) is 11.5 Å². The summed E-state index contributed by atoms with van der Waals surface area (Å²) in [4.78, 5) is 15.8. The fourth-order valence-corrected chi connectivity index (χ4v) is 2.33. The number of fused-ring (bicyclic) bond motifs is 3. The number of H-pyrrole nitrogens is 1. The van der Waals surface area contributed by atoms with Crippen molar-refractivity contribution in [2.24, 2.45) is 0 Å². The maximum atomic E-state index is 13.8. The number of hydrogen-bond acceptors (Lipinski definition) is 3. The summed E-state index contributed by atoms with van der Waals surface area (Å²) in [6.07, 6.45) is 6.42. The number of nitrogens with zero attached hydrogens (tertiary/aromatic N) is 3. The van der Waals surface area contributed by atoms with Crippen molar-refractivity contribution in [3.8, 4) is 11.3 Å². The van der Waals surface area contributed by atoms with E-state index in [0.29, 0.717) is 16.9 Å². The monoisotopic (exact) mass is 264 g/mol. The van der Waals surface area contributed by atoms with Crippen LogP contribution in [-0.2, 0) is 0 Å².